The van der Waals surface area contributed by atoms with Crippen molar-refractivity contribution in [3.05, 3.63) is 53.9 Å². The van der Waals surface area contributed by atoms with E-state index in [9.17, 15) is 0 Å². The van der Waals surface area contributed by atoms with Crippen LogP contribution >= 0.6 is 0 Å². The number of aromatic nitrogens is 2. The Morgan fingerprint density at radius 1 is 1.32 bits per heavy atom. The second-order valence-electron chi connectivity index (χ2n) is 4.92. The quantitative estimate of drug-likeness (QED) is 0.858. The number of aryl methyl sites for hydroxylation is 1. The first-order chi connectivity index (χ1) is 9.20. The summed E-state index contributed by atoms with van der Waals surface area (Å²) in [6, 6.07) is 11.0. The summed E-state index contributed by atoms with van der Waals surface area (Å²) < 4.78 is 1.85. The van der Waals surface area contributed by atoms with E-state index in [-0.39, 0.29) is 0 Å². The molecule has 0 aliphatic heterocycles. The van der Waals surface area contributed by atoms with Crippen molar-refractivity contribution in [2.45, 2.75) is 12.6 Å². The highest BCUT2D eigenvalue weighted by Gasteiger charge is 2.16. The Labute approximate surface area is 115 Å². The van der Waals surface area contributed by atoms with Gasteiger partial charge in [-0.2, -0.15) is 5.10 Å². The molecule has 19 heavy (non-hydrogen) atoms. The van der Waals surface area contributed by atoms with Gasteiger partial charge in [0.25, 0.3) is 0 Å². The lowest BCUT2D eigenvalue weighted by molar-refractivity contribution is 0.233. The summed E-state index contributed by atoms with van der Waals surface area (Å²) in [5.74, 6) is 0. The second kappa shape index (κ2) is 6.50. The number of benzene rings is 1. The van der Waals surface area contributed by atoms with Gasteiger partial charge in [0.2, 0.25) is 0 Å². The summed E-state index contributed by atoms with van der Waals surface area (Å²) in [5.41, 5.74) is 2.57. The number of nitrogens with zero attached hydrogens (tertiary/aromatic N) is 3. The summed E-state index contributed by atoms with van der Waals surface area (Å²) in [5, 5.41) is 7.50. The fraction of sp³-hybridized carbons (Fsp3) is 0.400. The average Bonchev–Trinajstić information content (AvgIpc) is 2.82. The van der Waals surface area contributed by atoms with Crippen LogP contribution in [0.2, 0.25) is 0 Å². The van der Waals surface area contributed by atoms with Crippen LogP contribution in [0.25, 0.3) is 0 Å². The summed E-state index contributed by atoms with van der Waals surface area (Å²) in [4.78, 5) is 2.35. The number of rotatable bonds is 6. The number of hydrogen-bond acceptors (Lipinski definition) is 3. The van der Waals surface area contributed by atoms with Crippen molar-refractivity contribution in [2.24, 2.45) is 7.05 Å². The Hall–Kier alpha value is -1.65. The van der Waals surface area contributed by atoms with Gasteiger partial charge in [-0.05, 0) is 19.7 Å². The van der Waals surface area contributed by atoms with E-state index in [1.807, 2.05) is 25.0 Å². The maximum absolute atomic E-state index is 4.22. The van der Waals surface area contributed by atoms with Crippen molar-refractivity contribution in [3.8, 4) is 0 Å². The van der Waals surface area contributed by atoms with Gasteiger partial charge in [-0.3, -0.25) is 9.58 Å². The van der Waals surface area contributed by atoms with E-state index >= 15 is 0 Å². The maximum Gasteiger partial charge on any atom is 0.0534 e. The van der Waals surface area contributed by atoms with Crippen LogP contribution in [0.15, 0.2) is 42.7 Å². The van der Waals surface area contributed by atoms with Crippen LogP contribution < -0.4 is 5.32 Å². The topological polar surface area (TPSA) is 33.1 Å². The van der Waals surface area contributed by atoms with Crippen molar-refractivity contribution >= 4 is 0 Å². The maximum atomic E-state index is 4.22. The fourth-order valence-corrected chi connectivity index (χ4v) is 2.35. The van der Waals surface area contributed by atoms with Gasteiger partial charge in [0.1, 0.15) is 0 Å². The Balaban J connectivity index is 2.10. The first kappa shape index (κ1) is 13.8. The standard InChI is InChI=1S/C15H22N4/c1-16-10-15(14-7-5-4-6-8-14)18(2)11-13-9-17-19(3)12-13/h4-9,12,15-16H,10-11H2,1-3H3. The first-order valence-corrected chi connectivity index (χ1v) is 6.58. The van der Waals surface area contributed by atoms with Crippen molar-refractivity contribution in [1.82, 2.24) is 20.0 Å². The molecule has 4 nitrogen and oxygen atoms in total. The van der Waals surface area contributed by atoms with Gasteiger partial charge in [0, 0.05) is 37.9 Å². The lowest BCUT2D eigenvalue weighted by atomic mass is 10.1. The minimum absolute atomic E-state index is 0.367. The van der Waals surface area contributed by atoms with E-state index in [2.05, 4.69) is 58.9 Å². The molecule has 0 saturated heterocycles. The molecule has 1 atom stereocenters. The highest BCUT2D eigenvalue weighted by Crippen LogP contribution is 2.20. The molecule has 1 aromatic heterocycles. The van der Waals surface area contributed by atoms with Gasteiger partial charge >= 0.3 is 0 Å². The van der Waals surface area contributed by atoms with E-state index in [1.165, 1.54) is 11.1 Å². The zero-order valence-corrected chi connectivity index (χ0v) is 11.9. The van der Waals surface area contributed by atoms with Gasteiger partial charge in [-0.15, -0.1) is 0 Å². The molecule has 1 aromatic carbocycles. The monoisotopic (exact) mass is 258 g/mol. The number of likely N-dealkylation sites (N-methyl/N-ethyl adjacent to an activating group) is 2. The van der Waals surface area contributed by atoms with Crippen molar-refractivity contribution in [1.29, 1.82) is 0 Å². The minimum atomic E-state index is 0.367. The molecule has 0 fully saturated rings. The van der Waals surface area contributed by atoms with Crippen LogP contribution in [0.5, 0.6) is 0 Å². The highest BCUT2D eigenvalue weighted by atomic mass is 15.2. The van der Waals surface area contributed by atoms with E-state index in [0.717, 1.165) is 13.1 Å². The summed E-state index contributed by atoms with van der Waals surface area (Å²) in [6.07, 6.45) is 4.00. The highest BCUT2D eigenvalue weighted by molar-refractivity contribution is 5.19. The molecule has 1 N–H and O–H groups in total. The van der Waals surface area contributed by atoms with Crippen LogP contribution in [0.4, 0.5) is 0 Å². The largest absolute Gasteiger partial charge is 0.318 e. The van der Waals surface area contributed by atoms with E-state index in [4.69, 9.17) is 0 Å². The molecule has 0 aliphatic carbocycles. The third-order valence-corrected chi connectivity index (χ3v) is 3.30. The SMILES string of the molecule is CNCC(c1ccccc1)N(C)Cc1cnn(C)c1. The van der Waals surface area contributed by atoms with Gasteiger partial charge in [0.05, 0.1) is 6.20 Å². The number of hydrogen-bond donors (Lipinski definition) is 1. The molecule has 2 rings (SSSR count). The molecular formula is C15H22N4. The van der Waals surface area contributed by atoms with Crippen molar-refractivity contribution in [2.75, 3.05) is 20.6 Å². The second-order valence-corrected chi connectivity index (χ2v) is 4.92. The zero-order chi connectivity index (χ0) is 13.7. The molecule has 0 saturated carbocycles. The van der Waals surface area contributed by atoms with Gasteiger partial charge in [0.15, 0.2) is 0 Å². The molecule has 1 heterocycles. The van der Waals surface area contributed by atoms with Crippen LogP contribution in [-0.2, 0) is 13.6 Å². The van der Waals surface area contributed by atoms with Crippen LogP contribution in [0.3, 0.4) is 0 Å². The average molecular weight is 258 g/mol. The number of nitrogens with one attached hydrogen (secondary N) is 1. The molecular weight excluding hydrogens is 236 g/mol. The third kappa shape index (κ3) is 3.66. The predicted octanol–water partition coefficient (Wildman–Crippen LogP) is 1.81. The van der Waals surface area contributed by atoms with Crippen molar-refractivity contribution < 1.29 is 0 Å². The molecule has 4 heteroatoms. The lowest BCUT2D eigenvalue weighted by Crippen LogP contribution is -2.31. The van der Waals surface area contributed by atoms with E-state index in [1.54, 1.807) is 0 Å². The molecule has 0 aliphatic rings. The molecule has 0 bridgehead atoms. The van der Waals surface area contributed by atoms with Gasteiger partial charge in [-0.25, -0.2) is 0 Å². The molecule has 0 radical (unpaired) electrons. The van der Waals surface area contributed by atoms with E-state index in [0.29, 0.717) is 6.04 Å². The lowest BCUT2D eigenvalue weighted by Gasteiger charge is -2.28. The van der Waals surface area contributed by atoms with Crippen LogP contribution in [0, 0.1) is 0 Å². The van der Waals surface area contributed by atoms with Crippen molar-refractivity contribution in [3.63, 3.8) is 0 Å². The van der Waals surface area contributed by atoms with Crippen LogP contribution in [-0.4, -0.2) is 35.3 Å². The Kier molecular flexibility index (Phi) is 4.71. The summed E-state index contributed by atoms with van der Waals surface area (Å²) in [6.45, 7) is 1.83. The minimum Gasteiger partial charge on any atom is -0.318 e. The fourth-order valence-electron chi connectivity index (χ4n) is 2.35. The molecule has 0 amide bonds. The molecule has 0 spiro atoms. The van der Waals surface area contributed by atoms with Gasteiger partial charge in [-0.1, -0.05) is 30.3 Å². The van der Waals surface area contributed by atoms with Crippen LogP contribution in [0.1, 0.15) is 17.2 Å². The predicted molar refractivity (Wildman–Crippen MR) is 77.8 cm³/mol. The zero-order valence-electron chi connectivity index (χ0n) is 11.9. The Morgan fingerprint density at radius 2 is 2.05 bits per heavy atom. The van der Waals surface area contributed by atoms with E-state index < -0.39 is 0 Å². The Bertz CT molecular complexity index is 492. The molecule has 1 unspecified atom stereocenters. The molecule has 2 aromatic rings. The molecule has 102 valence electrons. The Morgan fingerprint density at radius 3 is 2.63 bits per heavy atom. The third-order valence-electron chi connectivity index (χ3n) is 3.30. The normalized spacial score (nSPS) is 12.8. The smallest absolute Gasteiger partial charge is 0.0534 e. The van der Waals surface area contributed by atoms with Gasteiger partial charge < -0.3 is 5.32 Å². The summed E-state index contributed by atoms with van der Waals surface area (Å²) >= 11 is 0. The first-order valence-electron chi connectivity index (χ1n) is 6.58. The summed E-state index contributed by atoms with van der Waals surface area (Å²) in [7, 11) is 6.10.